The number of para-hydroxylation sites is 1. The van der Waals surface area contributed by atoms with Crippen LogP contribution in [0.4, 0.5) is 17.2 Å². The third-order valence-corrected chi connectivity index (χ3v) is 6.12. The molecule has 0 aliphatic carbocycles. The Morgan fingerprint density at radius 2 is 1.74 bits per heavy atom. The number of hydrogen-bond acceptors (Lipinski definition) is 6. The summed E-state index contributed by atoms with van der Waals surface area (Å²) in [5.41, 5.74) is 6.13. The predicted octanol–water partition coefficient (Wildman–Crippen LogP) is 2.24. The third-order valence-electron chi connectivity index (χ3n) is 5.80. The van der Waals surface area contributed by atoms with Crippen molar-refractivity contribution in [2.24, 2.45) is 11.8 Å². The first-order valence-electron chi connectivity index (χ1n) is 11.7. The number of halogens is 1. The number of hydrogen-bond donors (Lipinski definition) is 2. The first-order chi connectivity index (χ1) is 16.1. The first-order valence-corrected chi connectivity index (χ1v) is 12.1. The van der Waals surface area contributed by atoms with Crippen LogP contribution < -0.4 is 26.8 Å². The standard InChI is InChI=1S/C24H35ClN6O3/c1-16(2)13-30(21-22(26)31(14-17(3)4)24(34)27-23(21)33)20(32)15-28-9-11-29(12-10-28)19-8-6-5-7-18(19)25/h5-8,16-17H,9-15,26H2,1-4H3,(H,27,33,34). The third kappa shape index (κ3) is 6.01. The lowest BCUT2D eigenvalue weighted by molar-refractivity contribution is -0.120. The summed E-state index contributed by atoms with van der Waals surface area (Å²) in [7, 11) is 0. The number of carbonyl (C=O) groups is 1. The number of amides is 1. The number of nitrogens with zero attached hydrogens (tertiary/aromatic N) is 4. The highest BCUT2D eigenvalue weighted by Crippen LogP contribution is 2.26. The van der Waals surface area contributed by atoms with Crippen molar-refractivity contribution in [2.45, 2.75) is 34.2 Å². The molecule has 0 radical (unpaired) electrons. The van der Waals surface area contributed by atoms with Crippen molar-refractivity contribution in [3.8, 4) is 0 Å². The fourth-order valence-corrected chi connectivity index (χ4v) is 4.45. The summed E-state index contributed by atoms with van der Waals surface area (Å²) in [6.07, 6.45) is 0. The van der Waals surface area contributed by atoms with Crippen molar-refractivity contribution in [2.75, 3.05) is 54.8 Å². The van der Waals surface area contributed by atoms with Crippen molar-refractivity contribution >= 4 is 34.7 Å². The highest BCUT2D eigenvalue weighted by molar-refractivity contribution is 6.33. The molecule has 1 aliphatic rings. The van der Waals surface area contributed by atoms with Crippen molar-refractivity contribution in [1.82, 2.24) is 14.5 Å². The lowest BCUT2D eigenvalue weighted by Gasteiger charge is -2.37. The number of benzene rings is 1. The molecule has 1 saturated heterocycles. The fraction of sp³-hybridized carbons (Fsp3) is 0.542. The van der Waals surface area contributed by atoms with Gasteiger partial charge >= 0.3 is 5.69 Å². The molecule has 0 saturated carbocycles. The second-order valence-corrected chi connectivity index (χ2v) is 10.0. The van der Waals surface area contributed by atoms with Gasteiger partial charge in [0.25, 0.3) is 5.56 Å². The largest absolute Gasteiger partial charge is 0.383 e. The van der Waals surface area contributed by atoms with Crippen LogP contribution >= 0.6 is 11.6 Å². The predicted molar refractivity (Wildman–Crippen MR) is 138 cm³/mol. The second-order valence-electron chi connectivity index (χ2n) is 9.61. The number of anilines is 3. The molecule has 3 N–H and O–H groups in total. The van der Waals surface area contributed by atoms with Gasteiger partial charge < -0.3 is 15.5 Å². The summed E-state index contributed by atoms with van der Waals surface area (Å²) in [6.45, 7) is 11.5. The summed E-state index contributed by atoms with van der Waals surface area (Å²) in [6, 6.07) is 7.73. The molecule has 9 nitrogen and oxygen atoms in total. The normalized spacial score (nSPS) is 14.7. The number of aromatic amines is 1. The van der Waals surface area contributed by atoms with E-state index in [1.165, 1.54) is 9.47 Å². The van der Waals surface area contributed by atoms with E-state index in [2.05, 4.69) is 14.8 Å². The molecule has 2 aromatic rings. The number of H-pyrrole nitrogens is 1. The SMILES string of the molecule is CC(C)CN(C(=O)CN1CCN(c2ccccc2Cl)CC1)c1c(N)n(CC(C)C)c(=O)[nH]c1=O. The van der Waals surface area contributed by atoms with Gasteiger partial charge in [-0.1, -0.05) is 51.4 Å². The molecule has 34 heavy (non-hydrogen) atoms. The van der Waals surface area contributed by atoms with Crippen LogP contribution in [0.5, 0.6) is 0 Å². The van der Waals surface area contributed by atoms with Gasteiger partial charge in [-0.15, -0.1) is 0 Å². The topological polar surface area (TPSA) is 108 Å². The number of piperazine rings is 1. The van der Waals surface area contributed by atoms with E-state index in [1.54, 1.807) is 0 Å². The molecule has 0 atom stereocenters. The molecular formula is C24H35ClN6O3. The molecule has 0 unspecified atom stereocenters. The average molecular weight is 491 g/mol. The molecule has 1 aromatic carbocycles. The molecule has 1 aromatic heterocycles. The smallest absolute Gasteiger partial charge is 0.330 e. The maximum absolute atomic E-state index is 13.4. The summed E-state index contributed by atoms with van der Waals surface area (Å²) in [4.78, 5) is 46.6. The Morgan fingerprint density at radius 1 is 1.09 bits per heavy atom. The van der Waals surface area contributed by atoms with Gasteiger partial charge in [0.15, 0.2) is 5.69 Å². The average Bonchev–Trinajstić information content (AvgIpc) is 2.76. The zero-order valence-corrected chi connectivity index (χ0v) is 21.1. The number of nitrogens with one attached hydrogen (secondary N) is 1. The van der Waals surface area contributed by atoms with E-state index < -0.39 is 11.2 Å². The molecule has 2 heterocycles. The van der Waals surface area contributed by atoms with Crippen molar-refractivity contribution < 1.29 is 4.79 Å². The quantitative estimate of drug-likeness (QED) is 0.587. The minimum atomic E-state index is -0.639. The van der Waals surface area contributed by atoms with E-state index in [4.69, 9.17) is 17.3 Å². The number of rotatable bonds is 8. The van der Waals surface area contributed by atoms with Gasteiger partial charge in [0.2, 0.25) is 5.91 Å². The maximum atomic E-state index is 13.4. The van der Waals surface area contributed by atoms with Gasteiger partial charge in [0, 0.05) is 39.3 Å². The number of aromatic nitrogens is 2. The van der Waals surface area contributed by atoms with Gasteiger partial charge in [-0.2, -0.15) is 0 Å². The van der Waals surface area contributed by atoms with Crippen LogP contribution in [0.15, 0.2) is 33.9 Å². The van der Waals surface area contributed by atoms with Crippen LogP contribution in [0.25, 0.3) is 0 Å². The summed E-state index contributed by atoms with van der Waals surface area (Å²) in [5, 5.41) is 0.710. The van der Waals surface area contributed by atoms with Gasteiger partial charge in [0.05, 0.1) is 17.3 Å². The minimum Gasteiger partial charge on any atom is -0.383 e. The van der Waals surface area contributed by atoms with Gasteiger partial charge in [0.1, 0.15) is 5.82 Å². The number of nitrogens with two attached hydrogens (primary N) is 1. The lowest BCUT2D eigenvalue weighted by Crippen LogP contribution is -2.51. The molecule has 1 aliphatic heterocycles. The Bertz CT molecular complexity index is 1120. The van der Waals surface area contributed by atoms with Crippen LogP contribution in [0.2, 0.25) is 5.02 Å². The molecule has 1 fully saturated rings. The van der Waals surface area contributed by atoms with E-state index in [0.29, 0.717) is 31.2 Å². The molecular weight excluding hydrogens is 456 g/mol. The summed E-state index contributed by atoms with van der Waals surface area (Å²) in [5.74, 6) is 0.0551. The Morgan fingerprint density at radius 3 is 2.32 bits per heavy atom. The molecule has 0 spiro atoms. The van der Waals surface area contributed by atoms with Crippen LogP contribution in [-0.2, 0) is 11.3 Å². The second kappa shape index (κ2) is 11.1. The zero-order chi connectivity index (χ0) is 25.0. The maximum Gasteiger partial charge on any atom is 0.330 e. The fourth-order valence-electron chi connectivity index (χ4n) is 4.20. The Balaban J connectivity index is 1.79. The van der Waals surface area contributed by atoms with Crippen molar-refractivity contribution in [3.05, 3.63) is 50.1 Å². The van der Waals surface area contributed by atoms with E-state index in [1.807, 2.05) is 52.0 Å². The Kier molecular flexibility index (Phi) is 8.43. The highest BCUT2D eigenvalue weighted by Gasteiger charge is 2.28. The van der Waals surface area contributed by atoms with Crippen LogP contribution in [0.3, 0.4) is 0 Å². The Hall–Kier alpha value is -2.78. The van der Waals surface area contributed by atoms with Crippen LogP contribution in [0.1, 0.15) is 27.7 Å². The summed E-state index contributed by atoms with van der Waals surface area (Å²) < 4.78 is 1.34. The molecule has 3 rings (SSSR count). The van der Waals surface area contributed by atoms with Gasteiger partial charge in [-0.25, -0.2) is 4.79 Å². The molecule has 10 heteroatoms. The molecule has 186 valence electrons. The van der Waals surface area contributed by atoms with Crippen LogP contribution in [-0.4, -0.2) is 59.6 Å². The van der Waals surface area contributed by atoms with E-state index in [0.717, 1.165) is 18.8 Å². The highest BCUT2D eigenvalue weighted by atomic mass is 35.5. The van der Waals surface area contributed by atoms with Gasteiger partial charge in [-0.05, 0) is 24.0 Å². The van der Waals surface area contributed by atoms with E-state index in [9.17, 15) is 14.4 Å². The van der Waals surface area contributed by atoms with Gasteiger partial charge in [-0.3, -0.25) is 24.0 Å². The molecule has 0 bridgehead atoms. The van der Waals surface area contributed by atoms with E-state index >= 15 is 0 Å². The zero-order valence-electron chi connectivity index (χ0n) is 20.4. The monoisotopic (exact) mass is 490 g/mol. The summed E-state index contributed by atoms with van der Waals surface area (Å²) >= 11 is 6.34. The first kappa shape index (κ1) is 25.8. The van der Waals surface area contributed by atoms with Crippen molar-refractivity contribution in [3.63, 3.8) is 0 Å². The Labute approximate surface area is 205 Å². The van der Waals surface area contributed by atoms with Crippen molar-refractivity contribution in [1.29, 1.82) is 0 Å². The number of carbonyl (C=O) groups excluding carboxylic acids is 1. The molecule has 1 amide bonds. The van der Waals surface area contributed by atoms with Crippen LogP contribution in [0, 0.1) is 11.8 Å². The minimum absolute atomic E-state index is 0.0278. The lowest BCUT2D eigenvalue weighted by atomic mass is 10.2. The number of nitrogen functional groups attached to an aromatic ring is 1. The van der Waals surface area contributed by atoms with E-state index in [-0.39, 0.29) is 35.8 Å².